The molecule has 4 nitrogen and oxygen atoms in total. The Hall–Kier alpha value is -1.33. The van der Waals surface area contributed by atoms with Gasteiger partial charge in [-0.05, 0) is 37.6 Å². The number of hydrogen-bond donors (Lipinski definition) is 1. The van der Waals surface area contributed by atoms with Crippen molar-refractivity contribution in [1.82, 2.24) is 14.9 Å². The maximum absolute atomic E-state index is 5.45. The Labute approximate surface area is 120 Å². The van der Waals surface area contributed by atoms with E-state index in [1.165, 1.54) is 12.1 Å². The van der Waals surface area contributed by atoms with E-state index in [0.717, 1.165) is 28.9 Å². The van der Waals surface area contributed by atoms with E-state index in [2.05, 4.69) is 36.9 Å². The monoisotopic (exact) mass is 321 g/mol. The van der Waals surface area contributed by atoms with Crippen LogP contribution < -0.4 is 10.1 Å². The molecule has 1 aromatic carbocycles. The molecule has 1 saturated heterocycles. The third-order valence-electron chi connectivity index (χ3n) is 3.48. The fraction of sp³-hybridized carbons (Fsp3) is 0.357. The number of nitrogens with one attached hydrogen (secondary N) is 1. The molecule has 0 spiro atoms. The molecule has 0 saturated carbocycles. The van der Waals surface area contributed by atoms with Crippen molar-refractivity contribution < 1.29 is 4.74 Å². The highest BCUT2D eigenvalue weighted by Crippen LogP contribution is 2.31. The summed E-state index contributed by atoms with van der Waals surface area (Å²) in [5.74, 6) is 0.848. The van der Waals surface area contributed by atoms with Crippen LogP contribution in [0.4, 0.5) is 0 Å². The Morgan fingerprint density at radius 1 is 1.47 bits per heavy atom. The van der Waals surface area contributed by atoms with Crippen LogP contribution in [0.3, 0.4) is 0 Å². The van der Waals surface area contributed by atoms with Gasteiger partial charge in [-0.25, -0.2) is 4.98 Å². The molecule has 2 aromatic rings. The summed E-state index contributed by atoms with van der Waals surface area (Å²) in [5.41, 5.74) is 2.20. The highest BCUT2D eigenvalue weighted by atomic mass is 79.9. The molecule has 0 unspecified atom stereocenters. The molecule has 1 aliphatic heterocycles. The molecular formula is C14H16BrN3O. The van der Waals surface area contributed by atoms with Crippen molar-refractivity contribution in [2.75, 3.05) is 13.7 Å². The second-order valence-electron chi connectivity index (χ2n) is 4.65. The molecule has 5 heteroatoms. The highest BCUT2D eigenvalue weighted by Gasteiger charge is 2.21. The van der Waals surface area contributed by atoms with Crippen molar-refractivity contribution in [3.8, 4) is 11.4 Å². The Kier molecular flexibility index (Phi) is 3.57. The lowest BCUT2D eigenvalue weighted by molar-refractivity contribution is 0.412. The molecule has 2 heterocycles. The largest absolute Gasteiger partial charge is 0.495 e. The number of rotatable bonds is 3. The number of imidazole rings is 1. The first kappa shape index (κ1) is 12.7. The van der Waals surface area contributed by atoms with Crippen LogP contribution >= 0.6 is 15.9 Å². The second kappa shape index (κ2) is 5.35. The minimum atomic E-state index is 0.381. The third-order valence-corrected chi connectivity index (χ3v) is 3.98. The first-order chi connectivity index (χ1) is 9.29. The summed E-state index contributed by atoms with van der Waals surface area (Å²) >= 11 is 3.51. The number of ether oxygens (including phenoxy) is 1. The smallest absolute Gasteiger partial charge is 0.142 e. The molecule has 0 aliphatic carbocycles. The molecule has 19 heavy (non-hydrogen) atoms. The molecule has 1 fully saturated rings. The van der Waals surface area contributed by atoms with Crippen LogP contribution in [0.1, 0.15) is 24.6 Å². The van der Waals surface area contributed by atoms with Gasteiger partial charge in [0.25, 0.3) is 0 Å². The lowest BCUT2D eigenvalue weighted by Crippen LogP contribution is -2.16. The zero-order valence-corrected chi connectivity index (χ0v) is 12.4. The van der Waals surface area contributed by atoms with E-state index >= 15 is 0 Å². The molecule has 1 aromatic heterocycles. The van der Waals surface area contributed by atoms with Gasteiger partial charge in [0, 0.05) is 10.5 Å². The number of benzene rings is 1. The van der Waals surface area contributed by atoms with E-state index in [4.69, 9.17) is 4.74 Å². The van der Waals surface area contributed by atoms with E-state index in [0.29, 0.717) is 6.04 Å². The number of hydrogen-bond acceptors (Lipinski definition) is 3. The third kappa shape index (κ3) is 2.40. The SMILES string of the molecule is COc1ccc(Br)cc1-n1cncc1[C@@H]1CCCN1. The Balaban J connectivity index is 2.07. The van der Waals surface area contributed by atoms with Gasteiger partial charge in [0.2, 0.25) is 0 Å². The summed E-state index contributed by atoms with van der Waals surface area (Å²) in [6.45, 7) is 1.07. The number of halogens is 1. The molecule has 1 aliphatic rings. The minimum absolute atomic E-state index is 0.381. The minimum Gasteiger partial charge on any atom is -0.495 e. The van der Waals surface area contributed by atoms with Crippen LogP contribution in [0.25, 0.3) is 5.69 Å². The summed E-state index contributed by atoms with van der Waals surface area (Å²) < 4.78 is 8.59. The van der Waals surface area contributed by atoms with Gasteiger partial charge in [0.05, 0.1) is 31.0 Å². The predicted molar refractivity (Wildman–Crippen MR) is 77.8 cm³/mol. The average Bonchev–Trinajstić information content (AvgIpc) is 3.09. The van der Waals surface area contributed by atoms with Crippen molar-refractivity contribution in [2.45, 2.75) is 18.9 Å². The zero-order chi connectivity index (χ0) is 13.2. The summed E-state index contributed by atoms with van der Waals surface area (Å²) in [7, 11) is 1.69. The number of methoxy groups -OCH3 is 1. The van der Waals surface area contributed by atoms with Crippen LogP contribution in [0.5, 0.6) is 5.75 Å². The quantitative estimate of drug-likeness (QED) is 0.944. The van der Waals surface area contributed by atoms with Gasteiger partial charge in [0.15, 0.2) is 0 Å². The fourth-order valence-electron chi connectivity index (χ4n) is 2.55. The van der Waals surface area contributed by atoms with E-state index in [9.17, 15) is 0 Å². The first-order valence-electron chi connectivity index (χ1n) is 6.39. The van der Waals surface area contributed by atoms with E-state index in [-0.39, 0.29) is 0 Å². The molecule has 1 atom stereocenters. The average molecular weight is 322 g/mol. The van der Waals surface area contributed by atoms with Gasteiger partial charge in [0.1, 0.15) is 5.75 Å². The second-order valence-corrected chi connectivity index (χ2v) is 5.57. The standard InChI is InChI=1S/C14H16BrN3O/c1-19-14-5-4-10(15)7-12(14)18-9-16-8-13(18)11-3-2-6-17-11/h4-5,7-9,11,17H,2-3,6H2,1H3/t11-/m0/s1. The van der Waals surface area contributed by atoms with E-state index < -0.39 is 0 Å². The summed E-state index contributed by atoms with van der Waals surface area (Å²) in [6, 6.07) is 6.38. The van der Waals surface area contributed by atoms with Gasteiger partial charge in [-0.1, -0.05) is 15.9 Å². The zero-order valence-electron chi connectivity index (χ0n) is 10.8. The topological polar surface area (TPSA) is 39.1 Å². The van der Waals surface area contributed by atoms with E-state index in [1.807, 2.05) is 24.7 Å². The molecule has 1 N–H and O–H groups in total. The molecule has 0 radical (unpaired) electrons. The number of aromatic nitrogens is 2. The van der Waals surface area contributed by atoms with Gasteiger partial charge in [-0.15, -0.1) is 0 Å². The Morgan fingerprint density at radius 2 is 2.37 bits per heavy atom. The maximum atomic E-state index is 5.45. The Morgan fingerprint density at radius 3 is 3.11 bits per heavy atom. The van der Waals surface area contributed by atoms with Crippen molar-refractivity contribution in [3.63, 3.8) is 0 Å². The molecule has 100 valence electrons. The number of nitrogens with zero attached hydrogens (tertiary/aromatic N) is 2. The lowest BCUT2D eigenvalue weighted by Gasteiger charge is -2.16. The van der Waals surface area contributed by atoms with Crippen LogP contribution in [0.15, 0.2) is 35.2 Å². The normalized spacial score (nSPS) is 18.7. The van der Waals surface area contributed by atoms with Crippen molar-refractivity contribution >= 4 is 15.9 Å². The van der Waals surface area contributed by atoms with Gasteiger partial charge >= 0.3 is 0 Å². The maximum Gasteiger partial charge on any atom is 0.142 e. The summed E-state index contributed by atoms with van der Waals surface area (Å²) in [5, 5.41) is 3.51. The molecule has 3 rings (SSSR count). The van der Waals surface area contributed by atoms with Crippen LogP contribution in [-0.4, -0.2) is 23.2 Å². The van der Waals surface area contributed by atoms with Crippen LogP contribution in [-0.2, 0) is 0 Å². The van der Waals surface area contributed by atoms with Crippen molar-refractivity contribution in [1.29, 1.82) is 0 Å². The van der Waals surface area contributed by atoms with Gasteiger partial charge in [-0.2, -0.15) is 0 Å². The van der Waals surface area contributed by atoms with Crippen molar-refractivity contribution in [3.05, 3.63) is 40.9 Å². The van der Waals surface area contributed by atoms with Gasteiger partial charge < -0.3 is 10.1 Å². The Bertz CT molecular complexity index is 576. The molecule has 0 bridgehead atoms. The summed E-state index contributed by atoms with van der Waals surface area (Å²) in [4.78, 5) is 4.30. The fourth-order valence-corrected chi connectivity index (χ4v) is 2.90. The van der Waals surface area contributed by atoms with Gasteiger partial charge in [-0.3, -0.25) is 4.57 Å². The van der Waals surface area contributed by atoms with Crippen molar-refractivity contribution in [2.24, 2.45) is 0 Å². The molecule has 0 amide bonds. The predicted octanol–water partition coefficient (Wildman–Crippen LogP) is 3.07. The highest BCUT2D eigenvalue weighted by molar-refractivity contribution is 9.10. The van der Waals surface area contributed by atoms with Crippen LogP contribution in [0, 0.1) is 0 Å². The van der Waals surface area contributed by atoms with Crippen LogP contribution in [0.2, 0.25) is 0 Å². The molecular weight excluding hydrogens is 306 g/mol. The lowest BCUT2D eigenvalue weighted by atomic mass is 10.1. The first-order valence-corrected chi connectivity index (χ1v) is 7.18. The summed E-state index contributed by atoms with van der Waals surface area (Å²) in [6.07, 6.45) is 6.15. The van der Waals surface area contributed by atoms with E-state index in [1.54, 1.807) is 7.11 Å².